The Kier molecular flexibility index (Phi) is 9.92. The highest BCUT2D eigenvalue weighted by Gasteiger charge is 2.10. The van der Waals surface area contributed by atoms with Gasteiger partial charge in [-0.1, -0.05) is 32.9 Å². The quantitative estimate of drug-likeness (QED) is 0.582. The van der Waals surface area contributed by atoms with Crippen molar-refractivity contribution in [3.63, 3.8) is 0 Å². The molecule has 0 radical (unpaired) electrons. The van der Waals surface area contributed by atoms with Crippen molar-refractivity contribution < 1.29 is 9.47 Å². The third-order valence-corrected chi connectivity index (χ3v) is 3.30. The molecule has 1 aromatic rings. The van der Waals surface area contributed by atoms with Gasteiger partial charge < -0.3 is 14.8 Å². The van der Waals surface area contributed by atoms with Crippen LogP contribution in [-0.2, 0) is 4.74 Å². The minimum absolute atomic E-state index is 0.363. The summed E-state index contributed by atoms with van der Waals surface area (Å²) < 4.78 is 11.3. The standard InChI is InChI=1S/C18H31NO2/c1-4-12-19-18(11-15-20-13-5-2)16-7-9-17(10-8-16)21-14-6-3/h7-10,18-19H,4-6,11-15H2,1-3H3. The molecule has 1 N–H and O–H groups in total. The molecule has 0 aliphatic rings. The van der Waals surface area contributed by atoms with E-state index in [1.54, 1.807) is 0 Å². The molecule has 0 aliphatic heterocycles. The zero-order valence-electron chi connectivity index (χ0n) is 13.9. The maximum absolute atomic E-state index is 5.64. The second kappa shape index (κ2) is 11.6. The van der Waals surface area contributed by atoms with Gasteiger partial charge in [0.1, 0.15) is 5.75 Å². The molecule has 0 saturated carbocycles. The first-order valence-corrected chi connectivity index (χ1v) is 8.35. The summed E-state index contributed by atoms with van der Waals surface area (Å²) in [5.41, 5.74) is 1.31. The Bertz CT molecular complexity index is 351. The monoisotopic (exact) mass is 293 g/mol. The molecule has 3 heteroatoms. The normalized spacial score (nSPS) is 12.3. The molecule has 1 rings (SSSR count). The van der Waals surface area contributed by atoms with E-state index in [2.05, 4.69) is 50.4 Å². The third-order valence-electron chi connectivity index (χ3n) is 3.30. The first kappa shape index (κ1) is 18.0. The number of benzene rings is 1. The van der Waals surface area contributed by atoms with Crippen LogP contribution in [0.1, 0.15) is 58.1 Å². The molecule has 0 bridgehead atoms. The SMILES string of the molecule is CCCNC(CCOCCC)c1ccc(OCCC)cc1. The minimum Gasteiger partial charge on any atom is -0.494 e. The zero-order chi connectivity index (χ0) is 15.3. The molecule has 3 nitrogen and oxygen atoms in total. The summed E-state index contributed by atoms with van der Waals surface area (Å²) in [5.74, 6) is 0.956. The fourth-order valence-corrected chi connectivity index (χ4v) is 2.17. The molecule has 0 spiro atoms. The molecule has 1 atom stereocenters. The van der Waals surface area contributed by atoms with Crippen LogP contribution in [0.4, 0.5) is 0 Å². The molecule has 0 aromatic heterocycles. The van der Waals surface area contributed by atoms with Gasteiger partial charge in [-0.05, 0) is 49.9 Å². The van der Waals surface area contributed by atoms with Gasteiger partial charge in [-0.3, -0.25) is 0 Å². The molecule has 0 aliphatic carbocycles. The molecular formula is C18H31NO2. The Morgan fingerprint density at radius 2 is 1.62 bits per heavy atom. The van der Waals surface area contributed by atoms with Crippen molar-refractivity contribution in [3.8, 4) is 5.75 Å². The maximum Gasteiger partial charge on any atom is 0.119 e. The van der Waals surface area contributed by atoms with Gasteiger partial charge in [0.15, 0.2) is 0 Å². The van der Waals surface area contributed by atoms with Crippen molar-refractivity contribution in [1.82, 2.24) is 5.32 Å². The Labute approximate surface area is 130 Å². The highest BCUT2D eigenvalue weighted by atomic mass is 16.5. The smallest absolute Gasteiger partial charge is 0.119 e. The number of hydrogen-bond acceptors (Lipinski definition) is 3. The molecule has 0 amide bonds. The molecule has 21 heavy (non-hydrogen) atoms. The van der Waals surface area contributed by atoms with Gasteiger partial charge in [0, 0.05) is 19.3 Å². The lowest BCUT2D eigenvalue weighted by molar-refractivity contribution is 0.124. The van der Waals surface area contributed by atoms with Crippen molar-refractivity contribution in [2.75, 3.05) is 26.4 Å². The topological polar surface area (TPSA) is 30.5 Å². The second-order valence-corrected chi connectivity index (χ2v) is 5.33. The van der Waals surface area contributed by atoms with Crippen molar-refractivity contribution in [3.05, 3.63) is 29.8 Å². The van der Waals surface area contributed by atoms with E-state index in [4.69, 9.17) is 9.47 Å². The van der Waals surface area contributed by atoms with Crippen LogP contribution in [-0.4, -0.2) is 26.4 Å². The lowest BCUT2D eigenvalue weighted by Gasteiger charge is -2.19. The van der Waals surface area contributed by atoms with Crippen molar-refractivity contribution in [2.24, 2.45) is 0 Å². The van der Waals surface area contributed by atoms with Gasteiger partial charge in [-0.2, -0.15) is 0 Å². The molecule has 0 fully saturated rings. The summed E-state index contributed by atoms with van der Waals surface area (Å²) >= 11 is 0. The number of nitrogens with one attached hydrogen (secondary N) is 1. The lowest BCUT2D eigenvalue weighted by Crippen LogP contribution is -2.23. The first-order valence-electron chi connectivity index (χ1n) is 8.35. The van der Waals surface area contributed by atoms with E-state index in [0.717, 1.165) is 57.8 Å². The number of rotatable bonds is 12. The fourth-order valence-electron chi connectivity index (χ4n) is 2.17. The molecule has 120 valence electrons. The minimum atomic E-state index is 0.363. The van der Waals surface area contributed by atoms with Crippen LogP contribution in [0, 0.1) is 0 Å². The molecule has 0 heterocycles. The summed E-state index contributed by atoms with van der Waals surface area (Å²) in [5, 5.41) is 3.60. The van der Waals surface area contributed by atoms with E-state index >= 15 is 0 Å². The van der Waals surface area contributed by atoms with Crippen LogP contribution in [0.25, 0.3) is 0 Å². The summed E-state index contributed by atoms with van der Waals surface area (Å²) in [6, 6.07) is 8.83. The van der Waals surface area contributed by atoms with Crippen LogP contribution < -0.4 is 10.1 Å². The van der Waals surface area contributed by atoms with Crippen molar-refractivity contribution >= 4 is 0 Å². The van der Waals surface area contributed by atoms with E-state index in [9.17, 15) is 0 Å². The van der Waals surface area contributed by atoms with E-state index in [-0.39, 0.29) is 0 Å². The molecular weight excluding hydrogens is 262 g/mol. The van der Waals surface area contributed by atoms with E-state index in [1.165, 1.54) is 5.56 Å². The van der Waals surface area contributed by atoms with Crippen LogP contribution in [0.15, 0.2) is 24.3 Å². The van der Waals surface area contributed by atoms with Crippen molar-refractivity contribution in [1.29, 1.82) is 0 Å². The van der Waals surface area contributed by atoms with Gasteiger partial charge in [0.25, 0.3) is 0 Å². The molecule has 1 unspecified atom stereocenters. The molecule has 0 saturated heterocycles. The average molecular weight is 293 g/mol. The maximum atomic E-state index is 5.64. The highest BCUT2D eigenvalue weighted by Crippen LogP contribution is 2.20. The predicted octanol–water partition coefficient (Wildman–Crippen LogP) is 4.33. The number of ether oxygens (including phenoxy) is 2. The summed E-state index contributed by atoms with van der Waals surface area (Å²) in [4.78, 5) is 0. The number of hydrogen-bond donors (Lipinski definition) is 1. The van der Waals surface area contributed by atoms with E-state index in [1.807, 2.05) is 0 Å². The Balaban J connectivity index is 2.54. The van der Waals surface area contributed by atoms with E-state index in [0.29, 0.717) is 6.04 Å². The predicted molar refractivity (Wildman–Crippen MR) is 89.0 cm³/mol. The summed E-state index contributed by atoms with van der Waals surface area (Å²) in [6.07, 6.45) is 4.27. The fraction of sp³-hybridized carbons (Fsp3) is 0.667. The van der Waals surface area contributed by atoms with Crippen molar-refractivity contribution in [2.45, 2.75) is 52.5 Å². The van der Waals surface area contributed by atoms with Crippen LogP contribution >= 0.6 is 0 Å². The van der Waals surface area contributed by atoms with Gasteiger partial charge in [-0.25, -0.2) is 0 Å². The lowest BCUT2D eigenvalue weighted by atomic mass is 10.0. The average Bonchev–Trinajstić information content (AvgIpc) is 2.53. The Hall–Kier alpha value is -1.06. The van der Waals surface area contributed by atoms with Gasteiger partial charge in [-0.15, -0.1) is 0 Å². The van der Waals surface area contributed by atoms with E-state index < -0.39 is 0 Å². The van der Waals surface area contributed by atoms with Gasteiger partial charge in [0.2, 0.25) is 0 Å². The Morgan fingerprint density at radius 3 is 2.24 bits per heavy atom. The Morgan fingerprint density at radius 1 is 0.905 bits per heavy atom. The highest BCUT2D eigenvalue weighted by molar-refractivity contribution is 5.29. The molecule has 1 aromatic carbocycles. The van der Waals surface area contributed by atoms with Gasteiger partial charge >= 0.3 is 0 Å². The summed E-state index contributed by atoms with van der Waals surface area (Å²) in [6.45, 7) is 9.93. The van der Waals surface area contributed by atoms with Crippen LogP contribution in [0.2, 0.25) is 0 Å². The first-order chi connectivity index (χ1) is 10.3. The van der Waals surface area contributed by atoms with Crippen LogP contribution in [0.3, 0.4) is 0 Å². The summed E-state index contributed by atoms with van der Waals surface area (Å²) in [7, 11) is 0. The van der Waals surface area contributed by atoms with Crippen LogP contribution in [0.5, 0.6) is 5.75 Å². The second-order valence-electron chi connectivity index (χ2n) is 5.33. The van der Waals surface area contributed by atoms with Gasteiger partial charge in [0.05, 0.1) is 6.61 Å². The third kappa shape index (κ3) is 7.49. The largest absolute Gasteiger partial charge is 0.494 e. The zero-order valence-corrected chi connectivity index (χ0v) is 13.9.